The van der Waals surface area contributed by atoms with Crippen molar-refractivity contribution < 1.29 is 23.8 Å². The summed E-state index contributed by atoms with van der Waals surface area (Å²) < 4.78 is 16.1. The van der Waals surface area contributed by atoms with Gasteiger partial charge in [-0.2, -0.15) is 0 Å². The van der Waals surface area contributed by atoms with Crippen LogP contribution in [0.25, 0.3) is 0 Å². The summed E-state index contributed by atoms with van der Waals surface area (Å²) in [5.74, 6) is 1.35. The van der Waals surface area contributed by atoms with E-state index in [1.54, 1.807) is 62.8 Å². The number of anilines is 1. The summed E-state index contributed by atoms with van der Waals surface area (Å²) in [7, 11) is 3.17. The summed E-state index contributed by atoms with van der Waals surface area (Å²) in [5, 5.41) is 5.74. The predicted molar refractivity (Wildman–Crippen MR) is 127 cm³/mol. The van der Waals surface area contributed by atoms with Crippen molar-refractivity contribution in [3.63, 3.8) is 0 Å². The van der Waals surface area contributed by atoms with Gasteiger partial charge in [0.15, 0.2) is 6.61 Å². The van der Waals surface area contributed by atoms with Gasteiger partial charge in [-0.1, -0.05) is 23.8 Å². The second kappa shape index (κ2) is 11.0. The van der Waals surface area contributed by atoms with Crippen LogP contribution < -0.4 is 24.8 Å². The van der Waals surface area contributed by atoms with Crippen LogP contribution in [0, 0.1) is 6.92 Å². The van der Waals surface area contributed by atoms with Crippen molar-refractivity contribution in [2.45, 2.75) is 19.9 Å². The maximum atomic E-state index is 12.7. The highest BCUT2D eigenvalue weighted by molar-refractivity contribution is 5.94. The molecule has 0 saturated carbocycles. The molecule has 0 aliphatic carbocycles. The predicted octanol–water partition coefficient (Wildman–Crippen LogP) is 4.52. The van der Waals surface area contributed by atoms with Gasteiger partial charge in [0.2, 0.25) is 0 Å². The van der Waals surface area contributed by atoms with Gasteiger partial charge < -0.3 is 24.8 Å². The Kier molecular flexibility index (Phi) is 7.91. The number of amides is 2. The number of hydrogen-bond acceptors (Lipinski definition) is 5. The van der Waals surface area contributed by atoms with E-state index in [1.165, 1.54) is 0 Å². The third kappa shape index (κ3) is 6.49. The molecule has 7 heteroatoms. The zero-order valence-corrected chi connectivity index (χ0v) is 19.2. The van der Waals surface area contributed by atoms with Gasteiger partial charge in [-0.3, -0.25) is 9.59 Å². The first-order chi connectivity index (χ1) is 15.9. The van der Waals surface area contributed by atoms with E-state index in [0.29, 0.717) is 22.7 Å². The Morgan fingerprint density at radius 3 is 2.36 bits per heavy atom. The average Bonchev–Trinajstić information content (AvgIpc) is 2.83. The fourth-order valence-corrected chi connectivity index (χ4v) is 3.30. The summed E-state index contributed by atoms with van der Waals surface area (Å²) in [6.45, 7) is 3.74. The molecular formula is C26H28N2O5. The molecule has 0 spiro atoms. The highest BCUT2D eigenvalue weighted by Crippen LogP contribution is 2.26. The SMILES string of the molecule is COc1cccc(NC(=O)COc2ccc(C(=O)NC(C)c3cc(C)ccc3OC)cc2)c1. The van der Waals surface area contributed by atoms with E-state index >= 15 is 0 Å². The van der Waals surface area contributed by atoms with E-state index < -0.39 is 0 Å². The molecule has 2 N–H and O–H groups in total. The first-order valence-electron chi connectivity index (χ1n) is 10.5. The first-order valence-corrected chi connectivity index (χ1v) is 10.5. The molecule has 33 heavy (non-hydrogen) atoms. The molecule has 2 amide bonds. The number of aryl methyl sites for hydroxylation is 1. The molecule has 0 heterocycles. The third-order valence-corrected chi connectivity index (χ3v) is 5.04. The Morgan fingerprint density at radius 2 is 1.67 bits per heavy atom. The van der Waals surface area contributed by atoms with Gasteiger partial charge in [0.25, 0.3) is 11.8 Å². The number of carbonyl (C=O) groups excluding carboxylic acids is 2. The van der Waals surface area contributed by atoms with Gasteiger partial charge >= 0.3 is 0 Å². The Labute approximate surface area is 193 Å². The van der Waals surface area contributed by atoms with Crippen LogP contribution in [0.5, 0.6) is 17.2 Å². The van der Waals surface area contributed by atoms with Crippen LogP contribution >= 0.6 is 0 Å². The molecule has 3 aromatic rings. The van der Waals surface area contributed by atoms with Crippen LogP contribution in [-0.2, 0) is 4.79 Å². The average molecular weight is 449 g/mol. The lowest BCUT2D eigenvalue weighted by atomic mass is 10.0. The Balaban J connectivity index is 1.54. The minimum Gasteiger partial charge on any atom is -0.497 e. The molecule has 172 valence electrons. The fourth-order valence-electron chi connectivity index (χ4n) is 3.30. The summed E-state index contributed by atoms with van der Waals surface area (Å²) in [6.07, 6.45) is 0. The molecule has 7 nitrogen and oxygen atoms in total. The lowest BCUT2D eigenvalue weighted by Gasteiger charge is -2.18. The molecule has 0 saturated heterocycles. The van der Waals surface area contributed by atoms with Crippen molar-refractivity contribution in [2.75, 3.05) is 26.1 Å². The van der Waals surface area contributed by atoms with Gasteiger partial charge in [0.05, 0.1) is 20.3 Å². The normalized spacial score (nSPS) is 11.3. The van der Waals surface area contributed by atoms with Crippen molar-refractivity contribution in [3.8, 4) is 17.2 Å². The number of ether oxygens (including phenoxy) is 3. The van der Waals surface area contributed by atoms with E-state index in [9.17, 15) is 9.59 Å². The molecule has 0 bridgehead atoms. The van der Waals surface area contributed by atoms with E-state index in [-0.39, 0.29) is 24.5 Å². The minimum absolute atomic E-state index is 0.160. The maximum Gasteiger partial charge on any atom is 0.262 e. The van der Waals surface area contributed by atoms with Crippen molar-refractivity contribution >= 4 is 17.5 Å². The van der Waals surface area contributed by atoms with Gasteiger partial charge in [0.1, 0.15) is 17.2 Å². The standard InChI is InChI=1S/C26H28N2O5/c1-17-8-13-24(32-4)23(14-17)18(2)27-26(30)19-9-11-21(12-10-19)33-16-25(29)28-20-6-5-7-22(15-20)31-3/h5-15,18H,16H2,1-4H3,(H,27,30)(H,28,29). The molecule has 0 aliphatic heterocycles. The summed E-state index contributed by atoms with van der Waals surface area (Å²) in [4.78, 5) is 24.8. The molecule has 0 radical (unpaired) electrons. The van der Waals surface area contributed by atoms with Gasteiger partial charge in [0, 0.05) is 22.9 Å². The molecule has 1 atom stereocenters. The van der Waals surface area contributed by atoms with Crippen molar-refractivity contribution in [1.29, 1.82) is 0 Å². The van der Waals surface area contributed by atoms with Gasteiger partial charge in [-0.05, 0) is 56.3 Å². The van der Waals surface area contributed by atoms with E-state index in [0.717, 1.165) is 16.9 Å². The second-order valence-corrected chi connectivity index (χ2v) is 7.53. The van der Waals surface area contributed by atoms with Crippen LogP contribution in [0.3, 0.4) is 0 Å². The lowest BCUT2D eigenvalue weighted by molar-refractivity contribution is -0.118. The third-order valence-electron chi connectivity index (χ3n) is 5.04. The van der Waals surface area contributed by atoms with Crippen molar-refractivity contribution in [1.82, 2.24) is 5.32 Å². The van der Waals surface area contributed by atoms with Crippen molar-refractivity contribution in [3.05, 3.63) is 83.4 Å². The Morgan fingerprint density at radius 1 is 0.909 bits per heavy atom. The van der Waals surface area contributed by atoms with Gasteiger partial charge in [-0.25, -0.2) is 0 Å². The highest BCUT2D eigenvalue weighted by atomic mass is 16.5. The fraction of sp³-hybridized carbons (Fsp3) is 0.231. The number of hydrogen-bond donors (Lipinski definition) is 2. The van der Waals surface area contributed by atoms with E-state index in [4.69, 9.17) is 14.2 Å². The van der Waals surface area contributed by atoms with Crippen LogP contribution in [0.2, 0.25) is 0 Å². The number of rotatable bonds is 9. The maximum absolute atomic E-state index is 12.7. The van der Waals surface area contributed by atoms with E-state index in [2.05, 4.69) is 10.6 Å². The smallest absolute Gasteiger partial charge is 0.262 e. The van der Waals surface area contributed by atoms with Crippen LogP contribution in [-0.4, -0.2) is 32.6 Å². The summed E-state index contributed by atoms with van der Waals surface area (Å²) in [6, 6.07) is 19.3. The summed E-state index contributed by atoms with van der Waals surface area (Å²) >= 11 is 0. The Hall–Kier alpha value is -4.00. The quantitative estimate of drug-likeness (QED) is 0.503. The van der Waals surface area contributed by atoms with Crippen LogP contribution in [0.4, 0.5) is 5.69 Å². The molecular weight excluding hydrogens is 420 g/mol. The zero-order chi connectivity index (χ0) is 23.8. The first kappa shape index (κ1) is 23.7. The van der Waals surface area contributed by atoms with Gasteiger partial charge in [-0.15, -0.1) is 0 Å². The highest BCUT2D eigenvalue weighted by Gasteiger charge is 2.15. The molecule has 1 unspecified atom stereocenters. The second-order valence-electron chi connectivity index (χ2n) is 7.53. The monoisotopic (exact) mass is 448 g/mol. The molecule has 0 aromatic heterocycles. The molecule has 0 aliphatic rings. The molecule has 0 fully saturated rings. The minimum atomic E-state index is -0.300. The lowest BCUT2D eigenvalue weighted by Crippen LogP contribution is -2.27. The molecule has 3 rings (SSSR count). The Bertz CT molecular complexity index is 1110. The number of benzene rings is 3. The number of nitrogens with one attached hydrogen (secondary N) is 2. The topological polar surface area (TPSA) is 85.9 Å². The van der Waals surface area contributed by atoms with Crippen LogP contribution in [0.15, 0.2) is 66.7 Å². The number of methoxy groups -OCH3 is 2. The van der Waals surface area contributed by atoms with Crippen LogP contribution in [0.1, 0.15) is 34.5 Å². The largest absolute Gasteiger partial charge is 0.497 e. The number of carbonyl (C=O) groups is 2. The zero-order valence-electron chi connectivity index (χ0n) is 19.2. The van der Waals surface area contributed by atoms with E-state index in [1.807, 2.05) is 32.0 Å². The van der Waals surface area contributed by atoms with Crippen molar-refractivity contribution in [2.24, 2.45) is 0 Å². The summed E-state index contributed by atoms with van der Waals surface area (Å²) in [5.41, 5.74) is 3.10. The molecule has 3 aromatic carbocycles.